The minimum Gasteiger partial charge on any atom is -0.478 e. The van der Waals surface area contributed by atoms with Crippen molar-refractivity contribution in [1.82, 2.24) is 25.2 Å². The molecule has 0 saturated carbocycles. The molecule has 3 rings (SSSR count). The Kier molecular flexibility index (Phi) is 4.26. The van der Waals surface area contributed by atoms with Crippen molar-refractivity contribution in [2.75, 3.05) is 0 Å². The van der Waals surface area contributed by atoms with Crippen molar-refractivity contribution < 1.29 is 14.3 Å². The summed E-state index contributed by atoms with van der Waals surface area (Å²) in [6, 6.07) is 6.15. The van der Waals surface area contributed by atoms with Gasteiger partial charge >= 0.3 is 5.97 Å². The quantitative estimate of drug-likeness (QED) is 0.784. The summed E-state index contributed by atoms with van der Waals surface area (Å²) in [5, 5.41) is 20.9. The average Bonchev–Trinajstić information content (AvgIpc) is 3.05. The van der Waals surface area contributed by atoms with Crippen molar-refractivity contribution >= 4 is 5.97 Å². The van der Waals surface area contributed by atoms with Crippen molar-refractivity contribution in [3.63, 3.8) is 0 Å². The minimum absolute atomic E-state index is 0.00859. The Morgan fingerprint density at radius 2 is 2.04 bits per heavy atom. The van der Waals surface area contributed by atoms with Crippen LogP contribution in [0.2, 0.25) is 0 Å². The van der Waals surface area contributed by atoms with Crippen LogP contribution in [0.5, 0.6) is 0 Å². The highest BCUT2D eigenvalue weighted by Gasteiger charge is 2.21. The van der Waals surface area contributed by atoms with Crippen LogP contribution in [-0.2, 0) is 0 Å². The van der Waals surface area contributed by atoms with Crippen LogP contribution < -0.4 is 0 Å². The molecule has 1 N–H and O–H groups in total. The number of benzene rings is 1. The van der Waals surface area contributed by atoms with E-state index in [9.17, 15) is 14.3 Å². The second-order valence-electron chi connectivity index (χ2n) is 5.98. The highest BCUT2D eigenvalue weighted by molar-refractivity contribution is 5.91. The monoisotopic (exact) mass is 341 g/mol. The molecule has 0 unspecified atom stereocenters. The van der Waals surface area contributed by atoms with Gasteiger partial charge in [0.25, 0.3) is 0 Å². The molecular weight excluding hydrogens is 325 g/mol. The van der Waals surface area contributed by atoms with Crippen molar-refractivity contribution in [3.05, 3.63) is 53.2 Å². The van der Waals surface area contributed by atoms with Gasteiger partial charge < -0.3 is 5.11 Å². The molecule has 0 radical (unpaired) electrons. The SMILES string of the molecule is Cc1ccc(-c2cc(-n3nnnc3C(C)C)cc(C(=O)O)c2F)nc1. The van der Waals surface area contributed by atoms with Gasteiger partial charge in [-0.05, 0) is 41.1 Å². The molecule has 0 aliphatic heterocycles. The number of nitrogens with zero attached hydrogens (tertiary/aromatic N) is 5. The first-order chi connectivity index (χ1) is 11.9. The molecule has 8 heteroatoms. The van der Waals surface area contributed by atoms with E-state index in [1.807, 2.05) is 20.8 Å². The third-order valence-electron chi connectivity index (χ3n) is 3.73. The fraction of sp³-hybridized carbons (Fsp3) is 0.235. The molecule has 0 amide bonds. The van der Waals surface area contributed by atoms with Gasteiger partial charge in [-0.1, -0.05) is 19.9 Å². The zero-order valence-corrected chi connectivity index (χ0v) is 13.9. The van der Waals surface area contributed by atoms with E-state index in [1.165, 1.54) is 16.8 Å². The summed E-state index contributed by atoms with van der Waals surface area (Å²) < 4.78 is 16.1. The topological polar surface area (TPSA) is 93.8 Å². The number of carboxylic acid groups (broad SMARTS) is 1. The zero-order valence-electron chi connectivity index (χ0n) is 13.9. The number of aromatic nitrogens is 5. The Hall–Kier alpha value is -3.16. The number of aryl methyl sites for hydroxylation is 1. The summed E-state index contributed by atoms with van der Waals surface area (Å²) in [5.41, 5.74) is 1.25. The van der Waals surface area contributed by atoms with Crippen LogP contribution in [0.15, 0.2) is 30.5 Å². The van der Waals surface area contributed by atoms with Gasteiger partial charge in [-0.15, -0.1) is 5.10 Å². The fourth-order valence-corrected chi connectivity index (χ4v) is 2.44. The molecule has 7 nitrogen and oxygen atoms in total. The van der Waals surface area contributed by atoms with Crippen molar-refractivity contribution in [1.29, 1.82) is 0 Å². The largest absolute Gasteiger partial charge is 0.478 e. The highest BCUT2D eigenvalue weighted by Crippen LogP contribution is 2.28. The molecule has 0 spiro atoms. The summed E-state index contributed by atoms with van der Waals surface area (Å²) in [4.78, 5) is 15.7. The van der Waals surface area contributed by atoms with Crippen LogP contribution in [0.4, 0.5) is 4.39 Å². The zero-order chi connectivity index (χ0) is 18.1. The maximum absolute atomic E-state index is 14.7. The molecule has 0 fully saturated rings. The summed E-state index contributed by atoms with van der Waals surface area (Å²) in [6.07, 6.45) is 1.60. The molecule has 2 aromatic heterocycles. The number of carbonyl (C=O) groups is 1. The maximum atomic E-state index is 14.7. The van der Waals surface area contributed by atoms with Gasteiger partial charge in [-0.25, -0.2) is 9.18 Å². The van der Waals surface area contributed by atoms with E-state index in [4.69, 9.17) is 0 Å². The molecule has 0 atom stereocenters. The van der Waals surface area contributed by atoms with Crippen LogP contribution in [0.1, 0.15) is 41.5 Å². The van der Waals surface area contributed by atoms with Crippen molar-refractivity contribution in [2.45, 2.75) is 26.7 Å². The number of rotatable bonds is 4. The maximum Gasteiger partial charge on any atom is 0.338 e. The second-order valence-corrected chi connectivity index (χ2v) is 5.98. The summed E-state index contributed by atoms with van der Waals surface area (Å²) in [6.45, 7) is 5.68. The van der Waals surface area contributed by atoms with E-state index in [1.54, 1.807) is 18.3 Å². The van der Waals surface area contributed by atoms with Crippen molar-refractivity contribution in [3.8, 4) is 16.9 Å². The van der Waals surface area contributed by atoms with Gasteiger partial charge in [-0.3, -0.25) is 4.98 Å². The third kappa shape index (κ3) is 3.10. The van der Waals surface area contributed by atoms with E-state index in [-0.39, 0.29) is 11.5 Å². The second kappa shape index (κ2) is 6.39. The Bertz CT molecular complexity index is 935. The Balaban J connectivity index is 2.25. The van der Waals surface area contributed by atoms with Crippen LogP contribution in [0.3, 0.4) is 0 Å². The number of hydrogen-bond donors (Lipinski definition) is 1. The Morgan fingerprint density at radius 3 is 2.64 bits per heavy atom. The minimum atomic E-state index is -1.37. The molecule has 0 aliphatic rings. The number of tetrazole rings is 1. The number of pyridine rings is 1. The third-order valence-corrected chi connectivity index (χ3v) is 3.73. The van der Waals surface area contributed by atoms with Crippen LogP contribution >= 0.6 is 0 Å². The van der Waals surface area contributed by atoms with Crippen LogP contribution in [0.25, 0.3) is 16.9 Å². The van der Waals surface area contributed by atoms with Crippen molar-refractivity contribution in [2.24, 2.45) is 0 Å². The van der Waals surface area contributed by atoms with Gasteiger partial charge in [0.05, 0.1) is 16.9 Å². The molecule has 0 bridgehead atoms. The summed E-state index contributed by atoms with van der Waals surface area (Å²) in [7, 11) is 0. The number of halogens is 1. The van der Waals surface area contributed by atoms with Gasteiger partial charge in [0, 0.05) is 17.7 Å². The first-order valence-corrected chi connectivity index (χ1v) is 7.67. The van der Waals surface area contributed by atoms with Crippen LogP contribution in [-0.4, -0.2) is 36.3 Å². The highest BCUT2D eigenvalue weighted by atomic mass is 19.1. The molecule has 2 heterocycles. The molecular formula is C17H16FN5O2. The lowest BCUT2D eigenvalue weighted by Crippen LogP contribution is -2.09. The van der Waals surface area contributed by atoms with E-state index >= 15 is 0 Å². The molecule has 0 aliphatic carbocycles. The smallest absolute Gasteiger partial charge is 0.338 e. The van der Waals surface area contributed by atoms with E-state index in [0.717, 1.165) is 5.56 Å². The van der Waals surface area contributed by atoms with E-state index in [2.05, 4.69) is 20.5 Å². The molecule has 1 aromatic carbocycles. The van der Waals surface area contributed by atoms with E-state index < -0.39 is 17.3 Å². The average molecular weight is 341 g/mol. The first kappa shape index (κ1) is 16.7. The predicted molar refractivity (Wildman–Crippen MR) is 88.1 cm³/mol. The first-order valence-electron chi connectivity index (χ1n) is 7.67. The normalized spacial score (nSPS) is 11.1. The summed E-state index contributed by atoms with van der Waals surface area (Å²) >= 11 is 0. The fourth-order valence-electron chi connectivity index (χ4n) is 2.44. The van der Waals surface area contributed by atoms with Crippen LogP contribution in [0, 0.1) is 12.7 Å². The molecule has 128 valence electrons. The van der Waals surface area contributed by atoms with Gasteiger partial charge in [-0.2, -0.15) is 4.68 Å². The predicted octanol–water partition coefficient (Wildman–Crippen LogP) is 2.99. The summed E-state index contributed by atoms with van der Waals surface area (Å²) in [5.74, 6) is -1.65. The lowest BCUT2D eigenvalue weighted by Gasteiger charge is -2.12. The van der Waals surface area contributed by atoms with Gasteiger partial charge in [0.15, 0.2) is 5.82 Å². The number of hydrogen-bond acceptors (Lipinski definition) is 5. The lowest BCUT2D eigenvalue weighted by molar-refractivity contribution is 0.0692. The standard InChI is InChI=1S/C17H16FN5O2/c1-9(2)16-20-21-22-23(16)11-6-12(14-5-4-10(3)8-19-14)15(18)13(7-11)17(24)25/h4-9H,1-3H3,(H,24,25). The number of aromatic carboxylic acids is 1. The number of carboxylic acids is 1. The van der Waals surface area contributed by atoms with Gasteiger partial charge in [0.2, 0.25) is 0 Å². The Morgan fingerprint density at radius 1 is 1.28 bits per heavy atom. The molecule has 0 saturated heterocycles. The molecule has 3 aromatic rings. The lowest BCUT2D eigenvalue weighted by atomic mass is 10.0. The van der Waals surface area contributed by atoms with E-state index in [0.29, 0.717) is 17.2 Å². The molecule has 25 heavy (non-hydrogen) atoms. The van der Waals surface area contributed by atoms with Gasteiger partial charge in [0.1, 0.15) is 5.82 Å². The Labute approximate surface area is 143 Å².